The Morgan fingerprint density at radius 2 is 1.11 bits per heavy atom. The molecule has 15 heteroatoms. The lowest BCUT2D eigenvalue weighted by Gasteiger charge is -2.39. The maximum atomic E-state index is 12.1. The second-order valence-electron chi connectivity index (χ2n) is 18.2. The van der Waals surface area contributed by atoms with Gasteiger partial charge in [0, 0.05) is 70.3 Å². The number of piperazine rings is 2. The van der Waals surface area contributed by atoms with Crippen LogP contribution in [0.5, 0.6) is 21.6 Å². The van der Waals surface area contributed by atoms with Crippen LogP contribution in [-0.4, -0.2) is 123 Å². The maximum Gasteiger partial charge on any atom is 0.312 e. The molecule has 0 spiro atoms. The predicted octanol–water partition coefficient (Wildman–Crippen LogP) is 9.65. The maximum absolute atomic E-state index is 12.1. The zero-order valence-electron chi connectivity index (χ0n) is 37.0. The Labute approximate surface area is 378 Å². The molecule has 330 valence electrons. The number of aryl methyl sites for hydroxylation is 2. The van der Waals surface area contributed by atoms with Crippen LogP contribution in [0.2, 0.25) is 4.34 Å². The van der Waals surface area contributed by atoms with E-state index in [4.69, 9.17) is 40.5 Å². The Hall–Kier alpha value is -4.47. The molecular weight excluding hydrogens is 844 g/mol. The summed E-state index contributed by atoms with van der Waals surface area (Å²) in [4.78, 5) is 45.0. The van der Waals surface area contributed by atoms with Crippen molar-refractivity contribution in [3.63, 3.8) is 0 Å². The van der Waals surface area contributed by atoms with Crippen molar-refractivity contribution in [3.8, 4) is 21.6 Å². The monoisotopic (exact) mass is 900 g/mol. The fourth-order valence-corrected chi connectivity index (χ4v) is 10.7. The minimum absolute atomic E-state index is 0.160. The van der Waals surface area contributed by atoms with Crippen LogP contribution in [0.3, 0.4) is 0 Å². The van der Waals surface area contributed by atoms with Crippen LogP contribution in [0.25, 0.3) is 0 Å². The Balaban J connectivity index is 0.000000171. The van der Waals surface area contributed by atoms with E-state index in [9.17, 15) is 9.59 Å². The Bertz CT molecular complexity index is 2390. The van der Waals surface area contributed by atoms with Gasteiger partial charge in [0.05, 0.1) is 40.5 Å². The predicted molar refractivity (Wildman–Crippen MR) is 248 cm³/mol. The molecule has 5 aliphatic rings. The van der Waals surface area contributed by atoms with Crippen LogP contribution in [0.15, 0.2) is 58.5 Å². The fourth-order valence-electron chi connectivity index (χ4n) is 8.43. The van der Waals surface area contributed by atoms with E-state index < -0.39 is 10.8 Å². The van der Waals surface area contributed by atoms with Gasteiger partial charge in [-0.25, -0.2) is 9.98 Å². The normalized spacial score (nSPS) is 17.9. The van der Waals surface area contributed by atoms with Crippen molar-refractivity contribution < 1.29 is 28.5 Å². The Morgan fingerprint density at radius 1 is 0.677 bits per heavy atom. The molecule has 2 aromatic heterocycles. The molecule has 3 fully saturated rings. The summed E-state index contributed by atoms with van der Waals surface area (Å²) in [5.74, 6) is 3.84. The first-order valence-electron chi connectivity index (χ1n) is 21.4. The van der Waals surface area contributed by atoms with Crippen LogP contribution in [-0.2, 0) is 19.1 Å². The van der Waals surface area contributed by atoms with Crippen molar-refractivity contribution in [2.75, 3.05) is 79.7 Å². The summed E-state index contributed by atoms with van der Waals surface area (Å²) in [6.07, 6.45) is 2.55. The van der Waals surface area contributed by atoms with Crippen molar-refractivity contribution in [2.24, 2.45) is 20.8 Å². The van der Waals surface area contributed by atoms with E-state index >= 15 is 0 Å². The van der Waals surface area contributed by atoms with Gasteiger partial charge in [-0.1, -0.05) is 35.1 Å². The lowest BCUT2D eigenvalue weighted by Crippen LogP contribution is -2.52. The zero-order chi connectivity index (χ0) is 43.9. The third-order valence-electron chi connectivity index (χ3n) is 12.0. The van der Waals surface area contributed by atoms with Crippen LogP contribution in [0.1, 0.15) is 73.6 Å². The minimum atomic E-state index is -0.532. The quantitative estimate of drug-likeness (QED) is 0.167. The smallest absolute Gasteiger partial charge is 0.312 e. The van der Waals surface area contributed by atoms with Gasteiger partial charge >= 0.3 is 11.9 Å². The fraction of sp³-hybridized carbons (Fsp3) is 0.489. The number of ether oxygens (including phenoxy) is 4. The van der Waals surface area contributed by atoms with Gasteiger partial charge < -0.3 is 28.7 Å². The molecule has 9 rings (SSSR count). The number of thiophene rings is 2. The molecular formula is C47H57ClN6O6S2. The second kappa shape index (κ2) is 18.0. The van der Waals surface area contributed by atoms with E-state index in [-0.39, 0.29) is 11.9 Å². The zero-order valence-corrected chi connectivity index (χ0v) is 39.4. The van der Waals surface area contributed by atoms with Crippen LogP contribution >= 0.6 is 34.3 Å². The summed E-state index contributed by atoms with van der Waals surface area (Å²) in [7, 11) is 2.90. The Morgan fingerprint density at radius 3 is 1.55 bits per heavy atom. The number of fused-ring (bicyclic) bond motifs is 4. The average Bonchev–Trinajstić information content (AvgIpc) is 3.98. The lowest BCUT2D eigenvalue weighted by molar-refractivity contribution is -0.152. The molecule has 0 N–H and O–H groups in total. The highest BCUT2D eigenvalue weighted by Crippen LogP contribution is 2.50. The van der Waals surface area contributed by atoms with E-state index in [2.05, 4.69) is 50.8 Å². The molecule has 0 bridgehead atoms. The van der Waals surface area contributed by atoms with Gasteiger partial charge in [-0.05, 0) is 108 Å². The summed E-state index contributed by atoms with van der Waals surface area (Å²) in [5, 5.41) is 1.74. The van der Waals surface area contributed by atoms with Crippen molar-refractivity contribution >= 4 is 69.3 Å². The molecule has 4 aliphatic heterocycles. The molecule has 0 atom stereocenters. The van der Waals surface area contributed by atoms with Crippen LogP contribution < -0.4 is 9.47 Å². The van der Waals surface area contributed by atoms with Crippen molar-refractivity contribution in [1.29, 1.82) is 0 Å². The topological polar surface area (TPSA) is 109 Å². The van der Waals surface area contributed by atoms with E-state index in [1.807, 2.05) is 58.9 Å². The molecule has 4 aromatic rings. The first-order valence-corrected chi connectivity index (χ1v) is 23.4. The number of carbonyl (C=O) groups is 2. The number of hydrogen-bond acceptors (Lipinski definition) is 14. The standard InChI is InChI=1S/C25H31N3O3S.C22H26ClN3O3S/c1-16-5-8-19-20(13-16)31-23-18(14-21(32-23)17-6-7-17)22(26-19)28-11-9-27(10-12-28)15-25(2,3)24(29)30-4;1-14-5-6-16-17(11-14)29-20-15(12-18(23)30-20)19(24-16)26-9-7-25(8-10-26)13-22(2,3)21(27)28-4/h5,8,13-14,17H,6-7,9-12,15H2,1-4H3;5-6,11-12H,7-10,13H2,1-4H3. The SMILES string of the molecule is COC(=O)C(C)(C)CN1CCN(C2=Nc3ccc(C)cc3Oc3sc(C4CC4)cc32)CC1.COC(=O)C(C)(C)CN1CCN(C2=Nc3ccc(C)cc3Oc3sc(Cl)cc32)CC1. The molecule has 0 unspecified atom stereocenters. The van der Waals surface area contributed by atoms with Gasteiger partial charge in [-0.2, -0.15) is 0 Å². The van der Waals surface area contributed by atoms with E-state index in [0.29, 0.717) is 23.3 Å². The van der Waals surface area contributed by atoms with E-state index in [1.165, 1.54) is 48.8 Å². The van der Waals surface area contributed by atoms with Gasteiger partial charge in [-0.3, -0.25) is 19.4 Å². The van der Waals surface area contributed by atoms with E-state index in [1.54, 1.807) is 11.3 Å². The van der Waals surface area contributed by atoms with Crippen molar-refractivity contribution in [2.45, 2.75) is 60.3 Å². The molecule has 0 radical (unpaired) electrons. The van der Waals surface area contributed by atoms with Gasteiger partial charge in [0.15, 0.2) is 21.6 Å². The number of benzene rings is 2. The van der Waals surface area contributed by atoms with Gasteiger partial charge in [0.2, 0.25) is 0 Å². The number of hydrogen-bond donors (Lipinski definition) is 0. The van der Waals surface area contributed by atoms with Gasteiger partial charge in [-0.15, -0.1) is 11.3 Å². The number of aliphatic imine (C=N–C) groups is 2. The third kappa shape index (κ3) is 9.69. The molecule has 1 saturated carbocycles. The molecule has 2 saturated heterocycles. The molecule has 12 nitrogen and oxygen atoms in total. The van der Waals surface area contributed by atoms with Gasteiger partial charge in [0.25, 0.3) is 0 Å². The highest BCUT2D eigenvalue weighted by molar-refractivity contribution is 7.18. The number of halogens is 1. The van der Waals surface area contributed by atoms with Crippen molar-refractivity contribution in [3.05, 3.63) is 80.0 Å². The van der Waals surface area contributed by atoms with Gasteiger partial charge in [0.1, 0.15) is 23.0 Å². The highest BCUT2D eigenvalue weighted by Gasteiger charge is 2.36. The summed E-state index contributed by atoms with van der Waals surface area (Å²) in [6, 6.07) is 16.5. The first kappa shape index (κ1) is 44.1. The summed E-state index contributed by atoms with van der Waals surface area (Å²) >= 11 is 9.53. The molecule has 1 aliphatic carbocycles. The number of carbonyl (C=O) groups excluding carboxylic acids is 2. The van der Waals surface area contributed by atoms with Crippen LogP contribution in [0.4, 0.5) is 11.4 Å². The van der Waals surface area contributed by atoms with Crippen LogP contribution in [0, 0.1) is 24.7 Å². The molecule has 2 aromatic carbocycles. The number of esters is 2. The number of nitrogens with zero attached hydrogens (tertiary/aromatic N) is 6. The van der Waals surface area contributed by atoms with Crippen molar-refractivity contribution in [1.82, 2.24) is 19.6 Å². The third-order valence-corrected chi connectivity index (χ3v) is 14.3. The minimum Gasteiger partial charge on any atom is -0.469 e. The Kier molecular flexibility index (Phi) is 12.8. The highest BCUT2D eigenvalue weighted by atomic mass is 35.5. The number of methoxy groups -OCH3 is 2. The molecule has 6 heterocycles. The first-order chi connectivity index (χ1) is 29.6. The van der Waals surface area contributed by atoms with E-state index in [0.717, 1.165) is 114 Å². The summed E-state index contributed by atoms with van der Waals surface area (Å²) < 4.78 is 23.2. The number of amidine groups is 2. The second-order valence-corrected chi connectivity index (χ2v) is 20.9. The lowest BCUT2D eigenvalue weighted by atomic mass is 9.92. The molecule has 62 heavy (non-hydrogen) atoms. The summed E-state index contributed by atoms with van der Waals surface area (Å²) in [6.45, 7) is 20.0. The largest absolute Gasteiger partial charge is 0.469 e. The number of rotatable bonds is 7. The molecule has 0 amide bonds. The average molecular weight is 902 g/mol. The summed E-state index contributed by atoms with van der Waals surface area (Å²) in [5.41, 5.74) is 5.01.